The Morgan fingerprint density at radius 1 is 1.36 bits per heavy atom. The van der Waals surface area contributed by atoms with E-state index < -0.39 is 0 Å². The van der Waals surface area contributed by atoms with Gasteiger partial charge < -0.3 is 15.0 Å². The fourth-order valence-electron chi connectivity index (χ4n) is 2.35. The number of hydrogen-bond acceptors (Lipinski definition) is 3. The van der Waals surface area contributed by atoms with Crippen molar-refractivity contribution >= 4 is 11.8 Å². The summed E-state index contributed by atoms with van der Waals surface area (Å²) in [7, 11) is 0. The maximum Gasteiger partial charge on any atom is 0.239 e. The maximum atomic E-state index is 12.9. The van der Waals surface area contributed by atoms with Gasteiger partial charge in [-0.25, -0.2) is 4.39 Å². The molecule has 0 bridgehead atoms. The molecule has 120 valence electrons. The molecule has 0 spiro atoms. The third-order valence-corrected chi connectivity index (χ3v) is 3.62. The number of carbonyl (C=O) groups excluding carboxylic acids is 2. The van der Waals surface area contributed by atoms with E-state index in [9.17, 15) is 14.0 Å². The lowest BCUT2D eigenvalue weighted by molar-refractivity contribution is -0.135. The van der Waals surface area contributed by atoms with E-state index in [4.69, 9.17) is 4.74 Å². The average Bonchev–Trinajstić information content (AvgIpc) is 3.00. The van der Waals surface area contributed by atoms with E-state index in [0.717, 1.165) is 25.0 Å². The normalized spacial score (nSPS) is 17.3. The molecule has 5 nitrogen and oxygen atoms in total. The van der Waals surface area contributed by atoms with Crippen molar-refractivity contribution in [2.24, 2.45) is 0 Å². The number of benzene rings is 1. The molecule has 2 amide bonds. The summed E-state index contributed by atoms with van der Waals surface area (Å²) in [6.07, 6.45) is 2.04. The molecule has 0 radical (unpaired) electrons. The molecule has 1 aliphatic heterocycles. The predicted octanol–water partition coefficient (Wildman–Crippen LogP) is 1.47. The van der Waals surface area contributed by atoms with Crippen molar-refractivity contribution in [3.05, 3.63) is 35.6 Å². The van der Waals surface area contributed by atoms with Crippen molar-refractivity contribution in [3.8, 4) is 0 Å². The van der Waals surface area contributed by atoms with Gasteiger partial charge in [-0.05, 0) is 30.5 Å². The van der Waals surface area contributed by atoms with E-state index in [-0.39, 0.29) is 36.8 Å². The highest BCUT2D eigenvalue weighted by molar-refractivity contribution is 5.83. The SMILES string of the molecule is CC(=O)N(CC(=O)NCC1CCCO1)Cc1ccc(F)cc1. The van der Waals surface area contributed by atoms with Crippen molar-refractivity contribution < 1.29 is 18.7 Å². The molecule has 1 aliphatic rings. The quantitative estimate of drug-likeness (QED) is 0.866. The van der Waals surface area contributed by atoms with Crippen molar-refractivity contribution in [2.75, 3.05) is 19.7 Å². The number of halogens is 1. The van der Waals surface area contributed by atoms with Crippen molar-refractivity contribution in [1.82, 2.24) is 10.2 Å². The van der Waals surface area contributed by atoms with Crippen LogP contribution in [0.25, 0.3) is 0 Å². The summed E-state index contributed by atoms with van der Waals surface area (Å²) in [5.74, 6) is -0.739. The molecule has 1 aromatic carbocycles. The average molecular weight is 308 g/mol. The van der Waals surface area contributed by atoms with E-state index in [1.54, 1.807) is 12.1 Å². The van der Waals surface area contributed by atoms with Gasteiger partial charge in [0.05, 0.1) is 12.6 Å². The zero-order chi connectivity index (χ0) is 15.9. The lowest BCUT2D eigenvalue weighted by Crippen LogP contribution is -2.41. The van der Waals surface area contributed by atoms with Crippen molar-refractivity contribution in [2.45, 2.75) is 32.4 Å². The van der Waals surface area contributed by atoms with E-state index in [2.05, 4.69) is 5.32 Å². The Morgan fingerprint density at radius 3 is 2.68 bits per heavy atom. The van der Waals surface area contributed by atoms with E-state index >= 15 is 0 Å². The molecule has 0 aliphatic carbocycles. The minimum Gasteiger partial charge on any atom is -0.376 e. The molecule has 22 heavy (non-hydrogen) atoms. The molecular weight excluding hydrogens is 287 g/mol. The van der Waals surface area contributed by atoms with Crippen molar-refractivity contribution in [1.29, 1.82) is 0 Å². The van der Waals surface area contributed by atoms with Gasteiger partial charge in [0.15, 0.2) is 0 Å². The first-order valence-corrected chi connectivity index (χ1v) is 7.43. The lowest BCUT2D eigenvalue weighted by Gasteiger charge is -2.21. The number of rotatable bonds is 6. The summed E-state index contributed by atoms with van der Waals surface area (Å²) in [5.41, 5.74) is 0.781. The highest BCUT2D eigenvalue weighted by atomic mass is 19.1. The zero-order valence-corrected chi connectivity index (χ0v) is 12.7. The second-order valence-corrected chi connectivity index (χ2v) is 5.44. The van der Waals surface area contributed by atoms with Gasteiger partial charge in [0, 0.05) is 26.6 Å². The van der Waals surface area contributed by atoms with Crippen LogP contribution >= 0.6 is 0 Å². The molecule has 1 N–H and O–H groups in total. The molecule has 1 aromatic rings. The molecule has 1 unspecified atom stereocenters. The topological polar surface area (TPSA) is 58.6 Å². The predicted molar refractivity (Wildman–Crippen MR) is 79.5 cm³/mol. The second kappa shape index (κ2) is 7.89. The summed E-state index contributed by atoms with van der Waals surface area (Å²) >= 11 is 0. The van der Waals surface area contributed by atoms with Gasteiger partial charge >= 0.3 is 0 Å². The highest BCUT2D eigenvalue weighted by Crippen LogP contribution is 2.10. The zero-order valence-electron chi connectivity index (χ0n) is 12.7. The lowest BCUT2D eigenvalue weighted by atomic mass is 10.2. The van der Waals surface area contributed by atoms with Crippen LogP contribution in [-0.4, -0.2) is 42.5 Å². The molecule has 0 saturated carbocycles. The Hall–Kier alpha value is -1.95. The smallest absolute Gasteiger partial charge is 0.239 e. The van der Waals surface area contributed by atoms with Crippen LogP contribution < -0.4 is 5.32 Å². The van der Waals surface area contributed by atoms with Crippen molar-refractivity contribution in [3.63, 3.8) is 0 Å². The van der Waals surface area contributed by atoms with Crippen LogP contribution in [0.4, 0.5) is 4.39 Å². The summed E-state index contributed by atoms with van der Waals surface area (Å²) < 4.78 is 18.3. The van der Waals surface area contributed by atoms with Crippen LogP contribution in [0.15, 0.2) is 24.3 Å². The number of ether oxygens (including phenoxy) is 1. The summed E-state index contributed by atoms with van der Waals surface area (Å²) in [5, 5.41) is 2.79. The van der Waals surface area contributed by atoms with Gasteiger partial charge in [-0.1, -0.05) is 12.1 Å². The van der Waals surface area contributed by atoms with Crippen LogP contribution in [-0.2, 0) is 20.9 Å². The second-order valence-electron chi connectivity index (χ2n) is 5.44. The Bertz CT molecular complexity index is 513. The summed E-state index contributed by atoms with van der Waals surface area (Å²) in [6.45, 7) is 2.89. The first-order chi connectivity index (χ1) is 10.5. The maximum absolute atomic E-state index is 12.9. The monoisotopic (exact) mass is 308 g/mol. The summed E-state index contributed by atoms with van der Waals surface area (Å²) in [4.78, 5) is 25.0. The number of amides is 2. The van der Waals surface area contributed by atoms with Crippen LogP contribution in [0.3, 0.4) is 0 Å². The molecule has 2 rings (SSSR count). The van der Waals surface area contributed by atoms with Gasteiger partial charge in [-0.3, -0.25) is 9.59 Å². The van der Waals surface area contributed by atoms with Crippen LogP contribution in [0.2, 0.25) is 0 Å². The van der Waals surface area contributed by atoms with Gasteiger partial charge in [0.2, 0.25) is 11.8 Å². The van der Waals surface area contributed by atoms with E-state index in [1.165, 1.54) is 24.0 Å². The Balaban J connectivity index is 1.83. The van der Waals surface area contributed by atoms with Gasteiger partial charge in [-0.2, -0.15) is 0 Å². The third kappa shape index (κ3) is 5.11. The molecule has 1 heterocycles. The van der Waals surface area contributed by atoms with E-state index in [1.807, 2.05) is 0 Å². The first kappa shape index (κ1) is 16.4. The standard InChI is InChI=1S/C16H21FN2O3/c1-12(20)19(10-13-4-6-14(17)7-5-13)11-16(21)18-9-15-3-2-8-22-15/h4-7,15H,2-3,8-11H2,1H3,(H,18,21). The Labute approximate surface area is 129 Å². The molecule has 6 heteroatoms. The highest BCUT2D eigenvalue weighted by Gasteiger charge is 2.18. The minimum atomic E-state index is -0.326. The fourth-order valence-corrected chi connectivity index (χ4v) is 2.35. The van der Waals surface area contributed by atoms with Crippen LogP contribution in [0.5, 0.6) is 0 Å². The van der Waals surface area contributed by atoms with Gasteiger partial charge in [-0.15, -0.1) is 0 Å². The molecule has 1 saturated heterocycles. The van der Waals surface area contributed by atoms with Gasteiger partial charge in [0.25, 0.3) is 0 Å². The number of nitrogens with one attached hydrogen (secondary N) is 1. The van der Waals surface area contributed by atoms with Gasteiger partial charge in [0.1, 0.15) is 5.82 Å². The van der Waals surface area contributed by atoms with Crippen LogP contribution in [0, 0.1) is 5.82 Å². The van der Waals surface area contributed by atoms with E-state index in [0.29, 0.717) is 6.54 Å². The Morgan fingerprint density at radius 2 is 2.09 bits per heavy atom. The first-order valence-electron chi connectivity index (χ1n) is 7.43. The molecule has 0 aromatic heterocycles. The molecule has 1 atom stereocenters. The number of nitrogens with zero attached hydrogens (tertiary/aromatic N) is 1. The number of hydrogen-bond donors (Lipinski definition) is 1. The number of carbonyl (C=O) groups is 2. The fraction of sp³-hybridized carbons (Fsp3) is 0.500. The Kier molecular flexibility index (Phi) is 5.89. The largest absolute Gasteiger partial charge is 0.376 e. The summed E-state index contributed by atoms with van der Waals surface area (Å²) in [6, 6.07) is 5.89. The molecular formula is C16H21FN2O3. The van der Waals surface area contributed by atoms with Crippen LogP contribution in [0.1, 0.15) is 25.3 Å². The third-order valence-electron chi connectivity index (χ3n) is 3.62. The molecule has 1 fully saturated rings. The minimum absolute atomic E-state index is 0.0145.